The van der Waals surface area contributed by atoms with Crippen LogP contribution < -0.4 is 5.32 Å². The van der Waals surface area contributed by atoms with Crippen molar-refractivity contribution in [3.05, 3.63) is 57.0 Å². The van der Waals surface area contributed by atoms with Crippen molar-refractivity contribution >= 4 is 23.1 Å². The number of fused-ring (bicyclic) bond motifs is 1. The molecule has 0 amide bonds. The van der Waals surface area contributed by atoms with Crippen molar-refractivity contribution in [1.82, 2.24) is 9.97 Å². The van der Waals surface area contributed by atoms with Gasteiger partial charge in [0.05, 0.1) is 4.92 Å². The molecule has 20 heavy (non-hydrogen) atoms. The highest BCUT2D eigenvalue weighted by molar-refractivity contribution is 6.31. The average molecular weight is 291 g/mol. The normalized spacial score (nSPS) is 16.1. The molecule has 3 rings (SSSR count). The zero-order valence-corrected chi connectivity index (χ0v) is 11.2. The molecule has 0 bridgehead atoms. The van der Waals surface area contributed by atoms with E-state index in [2.05, 4.69) is 27.4 Å². The Morgan fingerprint density at radius 3 is 2.95 bits per heavy atom. The fraction of sp³-hybridized carbons (Fsp3) is 0.231. The number of nitrogens with one attached hydrogen (secondary N) is 1. The Morgan fingerprint density at radius 1 is 1.40 bits per heavy atom. The van der Waals surface area contributed by atoms with Gasteiger partial charge in [0.15, 0.2) is 0 Å². The van der Waals surface area contributed by atoms with Gasteiger partial charge in [-0.3, -0.25) is 10.1 Å². The summed E-state index contributed by atoms with van der Waals surface area (Å²) in [6.45, 7) is 0.588. The van der Waals surface area contributed by atoms with E-state index in [-0.39, 0.29) is 16.7 Å². The van der Waals surface area contributed by atoms with Crippen LogP contribution in [0, 0.1) is 10.1 Å². The van der Waals surface area contributed by atoms with Gasteiger partial charge in [0, 0.05) is 12.5 Å². The average Bonchev–Trinajstić information content (AvgIpc) is 2.39. The number of anilines is 1. The lowest BCUT2D eigenvalue weighted by Crippen LogP contribution is -2.24. The zero-order valence-electron chi connectivity index (χ0n) is 10.4. The largest absolute Gasteiger partial charge is 0.364 e. The minimum Gasteiger partial charge on any atom is -0.364 e. The van der Waals surface area contributed by atoms with Crippen molar-refractivity contribution in [2.24, 2.45) is 0 Å². The Labute approximate surface area is 120 Å². The van der Waals surface area contributed by atoms with E-state index in [1.54, 1.807) is 0 Å². The van der Waals surface area contributed by atoms with E-state index >= 15 is 0 Å². The lowest BCUT2D eigenvalue weighted by atomic mass is 9.77. The van der Waals surface area contributed by atoms with Gasteiger partial charge in [-0.15, -0.1) is 0 Å². The van der Waals surface area contributed by atoms with E-state index in [0.29, 0.717) is 12.5 Å². The van der Waals surface area contributed by atoms with Crippen LogP contribution in [0.1, 0.15) is 17.0 Å². The second-order valence-corrected chi connectivity index (χ2v) is 4.96. The third kappa shape index (κ3) is 2.18. The topological polar surface area (TPSA) is 81.0 Å². The predicted octanol–water partition coefficient (Wildman–Crippen LogP) is 2.79. The molecule has 2 aromatic rings. The van der Waals surface area contributed by atoms with Gasteiger partial charge in [0.1, 0.15) is 6.33 Å². The number of hydrogen-bond donors (Lipinski definition) is 1. The molecule has 0 fully saturated rings. The van der Waals surface area contributed by atoms with Gasteiger partial charge in [0.2, 0.25) is 11.0 Å². The van der Waals surface area contributed by atoms with Crippen LogP contribution in [0.25, 0.3) is 0 Å². The van der Waals surface area contributed by atoms with Crippen molar-refractivity contribution in [2.75, 3.05) is 11.9 Å². The Morgan fingerprint density at radius 2 is 2.20 bits per heavy atom. The minimum atomic E-state index is -0.570. The summed E-state index contributed by atoms with van der Waals surface area (Å²) < 4.78 is 0. The summed E-state index contributed by atoms with van der Waals surface area (Å²) in [6.07, 6.45) is 2.18. The van der Waals surface area contributed by atoms with E-state index < -0.39 is 4.92 Å². The summed E-state index contributed by atoms with van der Waals surface area (Å²) >= 11 is 5.74. The number of nitro groups is 1. The Hall–Kier alpha value is -2.21. The van der Waals surface area contributed by atoms with Crippen molar-refractivity contribution < 1.29 is 4.92 Å². The second-order valence-electron chi connectivity index (χ2n) is 4.60. The number of aromatic nitrogens is 2. The van der Waals surface area contributed by atoms with Crippen molar-refractivity contribution in [1.29, 1.82) is 0 Å². The van der Waals surface area contributed by atoms with Gasteiger partial charge in [-0.25, -0.2) is 9.97 Å². The first kappa shape index (κ1) is 12.8. The zero-order chi connectivity index (χ0) is 14.1. The van der Waals surface area contributed by atoms with Crippen molar-refractivity contribution in [3.8, 4) is 0 Å². The molecule has 1 heterocycles. The Kier molecular flexibility index (Phi) is 3.23. The van der Waals surface area contributed by atoms with Crippen LogP contribution >= 0.6 is 11.6 Å². The molecule has 7 heteroatoms. The number of hydrogen-bond acceptors (Lipinski definition) is 5. The minimum absolute atomic E-state index is 0.151. The number of halogens is 1. The van der Waals surface area contributed by atoms with Crippen LogP contribution in [-0.2, 0) is 6.42 Å². The van der Waals surface area contributed by atoms with E-state index in [0.717, 1.165) is 6.42 Å². The maximum atomic E-state index is 11.0. The highest BCUT2D eigenvalue weighted by atomic mass is 35.5. The Balaban J connectivity index is 1.75. The van der Waals surface area contributed by atoms with Gasteiger partial charge >= 0.3 is 5.69 Å². The van der Waals surface area contributed by atoms with Crippen LogP contribution in [0.3, 0.4) is 0 Å². The highest BCUT2D eigenvalue weighted by Crippen LogP contribution is 2.35. The fourth-order valence-electron chi connectivity index (χ4n) is 2.41. The summed E-state index contributed by atoms with van der Waals surface area (Å²) in [6, 6.07) is 8.18. The van der Waals surface area contributed by atoms with E-state index in [1.165, 1.54) is 17.5 Å². The molecular formula is C13H11ClN4O2. The standard InChI is InChI=1S/C13H11ClN4O2/c14-12-11(18(19)20)13(17-7-16-12)15-6-9-5-8-3-1-2-4-10(8)9/h1-4,7,9H,5-6H2,(H,15,16,17). The number of benzene rings is 1. The van der Waals surface area contributed by atoms with Gasteiger partial charge in [-0.1, -0.05) is 35.9 Å². The monoisotopic (exact) mass is 290 g/mol. The van der Waals surface area contributed by atoms with Crippen LogP contribution in [-0.4, -0.2) is 21.4 Å². The first-order valence-electron chi connectivity index (χ1n) is 6.13. The van der Waals surface area contributed by atoms with Gasteiger partial charge in [-0.2, -0.15) is 0 Å². The van der Waals surface area contributed by atoms with Gasteiger partial charge in [0.25, 0.3) is 0 Å². The molecule has 1 aliphatic rings. The first-order chi connectivity index (χ1) is 9.66. The van der Waals surface area contributed by atoms with E-state index in [9.17, 15) is 10.1 Å². The summed E-state index contributed by atoms with van der Waals surface area (Å²) in [7, 11) is 0. The smallest absolute Gasteiger partial charge is 0.348 e. The molecule has 0 saturated carbocycles. The predicted molar refractivity (Wildman–Crippen MR) is 75.1 cm³/mol. The molecule has 1 aromatic heterocycles. The Bertz CT molecular complexity index is 677. The summed E-state index contributed by atoms with van der Waals surface area (Å²) in [5, 5.41) is 13.8. The molecular weight excluding hydrogens is 280 g/mol. The lowest BCUT2D eigenvalue weighted by Gasteiger charge is -2.30. The van der Waals surface area contributed by atoms with Crippen molar-refractivity contribution in [2.45, 2.75) is 12.3 Å². The van der Waals surface area contributed by atoms with Crippen LogP contribution in [0.5, 0.6) is 0 Å². The lowest BCUT2D eigenvalue weighted by molar-refractivity contribution is -0.384. The number of nitrogens with zero attached hydrogens (tertiary/aromatic N) is 3. The first-order valence-corrected chi connectivity index (χ1v) is 6.51. The molecule has 1 aliphatic carbocycles. The highest BCUT2D eigenvalue weighted by Gasteiger charge is 2.27. The molecule has 0 saturated heterocycles. The summed E-state index contributed by atoms with van der Waals surface area (Å²) in [4.78, 5) is 17.9. The third-order valence-corrected chi connectivity index (χ3v) is 3.71. The maximum Gasteiger partial charge on any atom is 0.348 e. The maximum absolute atomic E-state index is 11.0. The molecule has 102 valence electrons. The molecule has 1 N–H and O–H groups in total. The fourth-order valence-corrected chi connectivity index (χ4v) is 2.62. The second kappa shape index (κ2) is 5.05. The molecule has 0 radical (unpaired) electrons. The third-order valence-electron chi connectivity index (χ3n) is 3.44. The molecule has 1 atom stereocenters. The number of rotatable bonds is 4. The van der Waals surface area contributed by atoms with Crippen LogP contribution in [0.4, 0.5) is 11.5 Å². The molecule has 1 aromatic carbocycles. The van der Waals surface area contributed by atoms with Gasteiger partial charge in [-0.05, 0) is 17.5 Å². The van der Waals surface area contributed by atoms with Crippen LogP contribution in [0.2, 0.25) is 5.15 Å². The SMILES string of the molecule is O=[N+]([O-])c1c(Cl)ncnc1NCC1Cc2ccccc21. The molecule has 6 nitrogen and oxygen atoms in total. The quantitative estimate of drug-likeness (QED) is 0.532. The molecule has 0 spiro atoms. The van der Waals surface area contributed by atoms with E-state index in [4.69, 9.17) is 11.6 Å². The van der Waals surface area contributed by atoms with Gasteiger partial charge < -0.3 is 5.32 Å². The summed E-state index contributed by atoms with van der Waals surface area (Å²) in [5.74, 6) is 0.513. The molecule has 0 aliphatic heterocycles. The summed E-state index contributed by atoms with van der Waals surface area (Å²) in [5.41, 5.74) is 2.33. The van der Waals surface area contributed by atoms with Crippen molar-refractivity contribution in [3.63, 3.8) is 0 Å². The van der Waals surface area contributed by atoms with Crippen LogP contribution in [0.15, 0.2) is 30.6 Å². The van der Waals surface area contributed by atoms with E-state index in [1.807, 2.05) is 12.1 Å². The molecule has 1 unspecified atom stereocenters.